The van der Waals surface area contributed by atoms with Crippen LogP contribution in [0.25, 0.3) is 0 Å². The van der Waals surface area contributed by atoms with Gasteiger partial charge in [-0.05, 0) is 95.0 Å². The summed E-state index contributed by atoms with van der Waals surface area (Å²) in [6.45, 7) is 14.2. The quantitative estimate of drug-likeness (QED) is 0.531. The third-order valence-corrected chi connectivity index (χ3v) is 9.39. The SMILES string of the molecule is CC(=O)O[C@]1(C(C)=O)CC[C@H]2[C@@H]3C=C(C)C4=CC(OC(C)C)CC[C@]4(C)[C@H]3CC[C@@]21C. The fourth-order valence-electron chi connectivity index (χ4n) is 8.07. The van der Waals surface area contributed by atoms with Crippen molar-refractivity contribution in [2.24, 2.45) is 28.6 Å². The van der Waals surface area contributed by atoms with Crippen molar-refractivity contribution in [2.75, 3.05) is 0 Å². The first-order valence-electron chi connectivity index (χ1n) is 12.2. The van der Waals surface area contributed by atoms with Crippen molar-refractivity contribution < 1.29 is 19.1 Å². The number of carbonyl (C=O) groups excluding carboxylic acids is 2. The van der Waals surface area contributed by atoms with E-state index in [-0.39, 0.29) is 34.8 Å². The summed E-state index contributed by atoms with van der Waals surface area (Å²) in [6.07, 6.45) is 11.2. The van der Waals surface area contributed by atoms with Crippen LogP contribution in [0.4, 0.5) is 0 Å². The summed E-state index contributed by atoms with van der Waals surface area (Å²) in [7, 11) is 0. The number of rotatable bonds is 4. The van der Waals surface area contributed by atoms with Crippen LogP contribution >= 0.6 is 0 Å². The summed E-state index contributed by atoms with van der Waals surface area (Å²) < 4.78 is 12.0. The van der Waals surface area contributed by atoms with Crippen molar-refractivity contribution in [3.63, 3.8) is 0 Å². The van der Waals surface area contributed by atoms with Crippen LogP contribution < -0.4 is 0 Å². The standard InChI is InChI=1S/C27H40O4/c1-16(2)30-20-8-11-25(6)22-9-12-26(7)23(21(22)14-17(3)24(25)15-20)10-13-27(26,18(4)28)31-19(5)29/h14-16,20-23H,8-13H2,1-7H3/t20?,21-,22+,23+,25-,26+,27+/m1/s1. The Morgan fingerprint density at radius 1 is 1.00 bits per heavy atom. The number of allylic oxidation sites excluding steroid dienone is 3. The van der Waals surface area contributed by atoms with E-state index >= 15 is 0 Å². The molecule has 0 aliphatic heterocycles. The van der Waals surface area contributed by atoms with Crippen molar-refractivity contribution in [2.45, 2.75) is 105 Å². The van der Waals surface area contributed by atoms with Gasteiger partial charge in [0.1, 0.15) is 0 Å². The van der Waals surface area contributed by atoms with E-state index in [1.807, 2.05) is 0 Å². The molecule has 4 nitrogen and oxygen atoms in total. The molecule has 0 radical (unpaired) electrons. The first kappa shape index (κ1) is 22.8. The molecule has 0 aromatic rings. The Morgan fingerprint density at radius 2 is 1.68 bits per heavy atom. The lowest BCUT2D eigenvalue weighted by atomic mass is 9.47. The average Bonchev–Trinajstić information content (AvgIpc) is 2.96. The lowest BCUT2D eigenvalue weighted by Gasteiger charge is -2.58. The lowest BCUT2D eigenvalue weighted by Crippen LogP contribution is -2.58. The molecule has 2 fully saturated rings. The number of hydrogen-bond acceptors (Lipinski definition) is 4. The highest BCUT2D eigenvalue weighted by molar-refractivity contribution is 5.89. The molecule has 1 unspecified atom stereocenters. The van der Waals surface area contributed by atoms with E-state index in [0.717, 1.165) is 32.1 Å². The number of esters is 1. The Morgan fingerprint density at radius 3 is 2.29 bits per heavy atom. The van der Waals surface area contributed by atoms with Gasteiger partial charge < -0.3 is 9.47 Å². The molecule has 4 aliphatic rings. The molecular weight excluding hydrogens is 388 g/mol. The highest BCUT2D eigenvalue weighted by Gasteiger charge is 2.67. The first-order valence-corrected chi connectivity index (χ1v) is 12.2. The second kappa shape index (κ2) is 7.57. The monoisotopic (exact) mass is 428 g/mol. The van der Waals surface area contributed by atoms with E-state index in [2.05, 4.69) is 46.8 Å². The van der Waals surface area contributed by atoms with Gasteiger partial charge in [-0.15, -0.1) is 0 Å². The maximum Gasteiger partial charge on any atom is 0.303 e. The van der Waals surface area contributed by atoms with E-state index in [0.29, 0.717) is 24.2 Å². The smallest absolute Gasteiger partial charge is 0.303 e. The summed E-state index contributed by atoms with van der Waals surface area (Å²) >= 11 is 0. The summed E-state index contributed by atoms with van der Waals surface area (Å²) in [6, 6.07) is 0. The van der Waals surface area contributed by atoms with Crippen LogP contribution in [0.1, 0.15) is 87.0 Å². The van der Waals surface area contributed by atoms with Gasteiger partial charge in [0.05, 0.1) is 12.2 Å². The summed E-state index contributed by atoms with van der Waals surface area (Å²) in [5.41, 5.74) is 1.75. The van der Waals surface area contributed by atoms with E-state index < -0.39 is 5.60 Å². The highest BCUT2D eigenvalue weighted by atomic mass is 16.6. The molecule has 7 atom stereocenters. The molecule has 4 aliphatic carbocycles. The Labute approximate surface area is 187 Å². The van der Waals surface area contributed by atoms with Gasteiger partial charge in [-0.1, -0.05) is 31.6 Å². The molecule has 0 N–H and O–H groups in total. The fraction of sp³-hybridized carbons (Fsp3) is 0.778. The van der Waals surface area contributed by atoms with Crippen molar-refractivity contribution in [1.29, 1.82) is 0 Å². The van der Waals surface area contributed by atoms with Gasteiger partial charge in [0.15, 0.2) is 11.4 Å². The topological polar surface area (TPSA) is 52.6 Å². The molecule has 172 valence electrons. The third-order valence-electron chi connectivity index (χ3n) is 9.39. The van der Waals surface area contributed by atoms with Crippen LogP contribution in [0, 0.1) is 28.6 Å². The minimum absolute atomic E-state index is 0.0146. The van der Waals surface area contributed by atoms with Crippen molar-refractivity contribution in [3.05, 3.63) is 23.3 Å². The highest BCUT2D eigenvalue weighted by Crippen LogP contribution is 2.68. The first-order chi connectivity index (χ1) is 14.4. The molecule has 0 amide bonds. The summed E-state index contributed by atoms with van der Waals surface area (Å²) in [5, 5.41) is 0. The largest absolute Gasteiger partial charge is 0.451 e. The van der Waals surface area contributed by atoms with Gasteiger partial charge in [-0.3, -0.25) is 9.59 Å². The van der Waals surface area contributed by atoms with E-state index in [1.54, 1.807) is 6.92 Å². The van der Waals surface area contributed by atoms with Crippen LogP contribution in [0.3, 0.4) is 0 Å². The Kier molecular flexibility index (Phi) is 5.56. The maximum atomic E-state index is 12.9. The number of fused-ring (bicyclic) bond motifs is 5. The maximum absolute atomic E-state index is 12.9. The second-order valence-corrected chi connectivity index (χ2v) is 11.4. The zero-order chi connectivity index (χ0) is 22.8. The van der Waals surface area contributed by atoms with Crippen LogP contribution in [0.15, 0.2) is 23.3 Å². The van der Waals surface area contributed by atoms with Crippen molar-refractivity contribution in [3.8, 4) is 0 Å². The predicted octanol–water partition coefficient (Wildman–Crippen LogP) is 5.80. The Hall–Kier alpha value is -1.42. The molecule has 0 heterocycles. The number of Topliss-reactive ketones (excluding diaryl/α,β-unsaturated/α-hetero) is 1. The summed E-state index contributed by atoms with van der Waals surface area (Å²) in [5.74, 6) is 1.05. The van der Waals surface area contributed by atoms with E-state index in [4.69, 9.17) is 9.47 Å². The van der Waals surface area contributed by atoms with Crippen LogP contribution in [-0.4, -0.2) is 29.6 Å². The normalized spacial score (nSPS) is 44.0. The van der Waals surface area contributed by atoms with Gasteiger partial charge in [0.2, 0.25) is 0 Å². The van der Waals surface area contributed by atoms with Gasteiger partial charge >= 0.3 is 5.97 Å². The molecule has 4 heteroatoms. The molecule has 0 aromatic carbocycles. The van der Waals surface area contributed by atoms with E-state index in [9.17, 15) is 9.59 Å². The van der Waals surface area contributed by atoms with Crippen LogP contribution in [0.5, 0.6) is 0 Å². The summed E-state index contributed by atoms with van der Waals surface area (Å²) in [4.78, 5) is 24.9. The molecule has 0 bridgehead atoms. The molecule has 0 saturated heterocycles. The van der Waals surface area contributed by atoms with Crippen molar-refractivity contribution in [1.82, 2.24) is 0 Å². The second-order valence-electron chi connectivity index (χ2n) is 11.4. The molecule has 0 spiro atoms. The van der Waals surface area contributed by atoms with Crippen molar-refractivity contribution >= 4 is 11.8 Å². The Bertz CT molecular complexity index is 838. The zero-order valence-corrected chi connectivity index (χ0v) is 20.4. The molecule has 4 rings (SSSR count). The zero-order valence-electron chi connectivity index (χ0n) is 20.4. The number of ether oxygens (including phenoxy) is 2. The predicted molar refractivity (Wildman–Crippen MR) is 121 cm³/mol. The molecule has 31 heavy (non-hydrogen) atoms. The van der Waals surface area contributed by atoms with Gasteiger partial charge in [0, 0.05) is 12.3 Å². The van der Waals surface area contributed by atoms with Crippen LogP contribution in [-0.2, 0) is 19.1 Å². The molecule has 0 aromatic heterocycles. The van der Waals surface area contributed by atoms with Gasteiger partial charge in [-0.2, -0.15) is 0 Å². The van der Waals surface area contributed by atoms with E-state index in [1.165, 1.54) is 18.1 Å². The Balaban J connectivity index is 1.72. The number of hydrogen-bond donors (Lipinski definition) is 0. The molecular formula is C27H40O4. The average molecular weight is 429 g/mol. The number of carbonyl (C=O) groups is 2. The third kappa shape index (κ3) is 3.27. The minimum atomic E-state index is -0.962. The van der Waals surface area contributed by atoms with Gasteiger partial charge in [0.25, 0.3) is 0 Å². The molecule has 2 saturated carbocycles. The van der Waals surface area contributed by atoms with Gasteiger partial charge in [-0.25, -0.2) is 0 Å². The number of ketones is 1. The van der Waals surface area contributed by atoms with Crippen LogP contribution in [0.2, 0.25) is 0 Å². The minimum Gasteiger partial charge on any atom is -0.451 e. The fourth-order valence-corrected chi connectivity index (χ4v) is 8.07. The lowest BCUT2D eigenvalue weighted by molar-refractivity contribution is -0.185.